The normalized spacial score (nSPS) is 30.4. The molecular weight excluding hydrogens is 252 g/mol. The van der Waals surface area contributed by atoms with Gasteiger partial charge < -0.3 is 9.84 Å². The third-order valence-corrected chi connectivity index (χ3v) is 6.40. The Hall–Kier alpha value is 0.620. The van der Waals surface area contributed by atoms with Crippen LogP contribution in [0.1, 0.15) is 32.6 Å². The van der Waals surface area contributed by atoms with Gasteiger partial charge in [0.15, 0.2) is 0 Å². The zero-order chi connectivity index (χ0) is 12.1. The van der Waals surface area contributed by atoms with Crippen molar-refractivity contribution in [1.82, 2.24) is 0 Å². The van der Waals surface area contributed by atoms with E-state index < -0.39 is 0 Å². The fourth-order valence-corrected chi connectivity index (χ4v) is 5.20. The first-order valence-corrected chi connectivity index (χ1v) is 8.89. The fraction of sp³-hybridized carbons (Fsp3) is 1.00. The van der Waals surface area contributed by atoms with Gasteiger partial charge in [-0.05, 0) is 48.9 Å². The van der Waals surface area contributed by atoms with Crippen molar-refractivity contribution in [3.8, 4) is 0 Å². The minimum Gasteiger partial charge on any atom is -0.396 e. The molecule has 0 bridgehead atoms. The maximum absolute atomic E-state index is 9.07. The van der Waals surface area contributed by atoms with Crippen LogP contribution in [0.3, 0.4) is 0 Å². The first kappa shape index (κ1) is 14.0. The number of hydrogen-bond acceptors (Lipinski definition) is 4. The fourth-order valence-electron chi connectivity index (χ4n) is 2.57. The zero-order valence-electron chi connectivity index (χ0n) is 10.7. The summed E-state index contributed by atoms with van der Waals surface area (Å²) in [5.41, 5.74) is 0.212. The Morgan fingerprint density at radius 2 is 2.24 bits per heavy atom. The third-order valence-electron chi connectivity index (χ3n) is 3.78. The second kappa shape index (κ2) is 6.69. The molecule has 2 rings (SSSR count). The van der Waals surface area contributed by atoms with Crippen LogP contribution < -0.4 is 0 Å². The molecule has 0 aromatic rings. The van der Waals surface area contributed by atoms with Crippen LogP contribution in [0.15, 0.2) is 0 Å². The van der Waals surface area contributed by atoms with E-state index >= 15 is 0 Å². The van der Waals surface area contributed by atoms with Gasteiger partial charge in [0, 0.05) is 18.5 Å². The van der Waals surface area contributed by atoms with Crippen molar-refractivity contribution in [3.05, 3.63) is 0 Å². The SMILES string of the molecule is CC(CO)CSC1CCOC2(CCSCC2)C1. The van der Waals surface area contributed by atoms with Crippen LogP contribution in [0.5, 0.6) is 0 Å². The number of thioether (sulfide) groups is 2. The summed E-state index contributed by atoms with van der Waals surface area (Å²) in [5, 5.41) is 9.82. The van der Waals surface area contributed by atoms with Crippen molar-refractivity contribution in [2.45, 2.75) is 43.5 Å². The molecule has 2 aliphatic rings. The van der Waals surface area contributed by atoms with Gasteiger partial charge >= 0.3 is 0 Å². The van der Waals surface area contributed by atoms with Crippen molar-refractivity contribution in [1.29, 1.82) is 0 Å². The average molecular weight is 276 g/mol. The standard InChI is InChI=1S/C13H24O2S2/c1-11(9-14)10-17-12-2-5-15-13(8-12)3-6-16-7-4-13/h11-12,14H,2-10H2,1H3. The first-order chi connectivity index (χ1) is 8.24. The van der Waals surface area contributed by atoms with Gasteiger partial charge in [-0.15, -0.1) is 0 Å². The molecule has 2 atom stereocenters. The highest BCUT2D eigenvalue weighted by Gasteiger charge is 2.38. The van der Waals surface area contributed by atoms with Crippen LogP contribution in [-0.2, 0) is 4.74 Å². The molecule has 0 aromatic carbocycles. The minimum atomic E-state index is 0.212. The van der Waals surface area contributed by atoms with Gasteiger partial charge in [0.2, 0.25) is 0 Å². The lowest BCUT2D eigenvalue weighted by atomic mass is 9.88. The van der Waals surface area contributed by atoms with E-state index in [1.54, 1.807) is 0 Å². The number of aliphatic hydroxyl groups excluding tert-OH is 1. The summed E-state index contributed by atoms with van der Waals surface area (Å²) in [6.07, 6.45) is 4.91. The van der Waals surface area contributed by atoms with Crippen molar-refractivity contribution >= 4 is 23.5 Å². The summed E-state index contributed by atoms with van der Waals surface area (Å²) >= 11 is 4.12. The second-order valence-corrected chi connectivity index (χ2v) is 7.94. The molecule has 100 valence electrons. The summed E-state index contributed by atoms with van der Waals surface area (Å²) < 4.78 is 6.09. The number of rotatable bonds is 4. The van der Waals surface area contributed by atoms with Crippen molar-refractivity contribution < 1.29 is 9.84 Å². The average Bonchev–Trinajstić information content (AvgIpc) is 2.37. The lowest BCUT2D eigenvalue weighted by Gasteiger charge is -2.43. The molecule has 0 aromatic heterocycles. The van der Waals surface area contributed by atoms with E-state index in [9.17, 15) is 0 Å². The van der Waals surface area contributed by atoms with E-state index in [4.69, 9.17) is 9.84 Å². The molecule has 2 aliphatic heterocycles. The summed E-state index contributed by atoms with van der Waals surface area (Å²) in [4.78, 5) is 0. The van der Waals surface area contributed by atoms with Gasteiger partial charge in [0.05, 0.1) is 5.60 Å². The van der Waals surface area contributed by atoms with E-state index in [0.29, 0.717) is 12.5 Å². The number of aliphatic hydroxyl groups is 1. The second-order valence-electron chi connectivity index (χ2n) is 5.38. The molecule has 2 saturated heterocycles. The molecule has 0 aliphatic carbocycles. The van der Waals surface area contributed by atoms with Crippen LogP contribution in [0.4, 0.5) is 0 Å². The Balaban J connectivity index is 1.79. The van der Waals surface area contributed by atoms with Gasteiger partial charge in [-0.1, -0.05) is 6.92 Å². The predicted octanol–water partition coefficient (Wildman–Crippen LogP) is 2.79. The maximum atomic E-state index is 9.07. The Bertz CT molecular complexity index is 224. The molecule has 2 heterocycles. The van der Waals surface area contributed by atoms with Crippen molar-refractivity contribution in [2.75, 3.05) is 30.5 Å². The smallest absolute Gasteiger partial charge is 0.0708 e. The zero-order valence-corrected chi connectivity index (χ0v) is 12.3. The quantitative estimate of drug-likeness (QED) is 0.855. The molecule has 0 saturated carbocycles. The topological polar surface area (TPSA) is 29.5 Å². The molecule has 2 nitrogen and oxygen atoms in total. The van der Waals surface area contributed by atoms with Crippen LogP contribution in [-0.4, -0.2) is 46.4 Å². The van der Waals surface area contributed by atoms with Crippen LogP contribution >= 0.6 is 23.5 Å². The third kappa shape index (κ3) is 4.05. The summed E-state index contributed by atoms with van der Waals surface area (Å²) in [6, 6.07) is 0. The Labute approximate surface area is 113 Å². The molecule has 0 amide bonds. The highest BCUT2D eigenvalue weighted by molar-refractivity contribution is 8.00. The lowest BCUT2D eigenvalue weighted by molar-refractivity contribution is -0.0805. The van der Waals surface area contributed by atoms with Crippen LogP contribution in [0, 0.1) is 5.92 Å². The van der Waals surface area contributed by atoms with Gasteiger partial charge in [0.1, 0.15) is 0 Å². The summed E-state index contributed by atoms with van der Waals surface area (Å²) in [5.74, 6) is 4.06. The Morgan fingerprint density at radius 1 is 1.47 bits per heavy atom. The molecular formula is C13H24O2S2. The number of hydrogen-bond donors (Lipinski definition) is 1. The van der Waals surface area contributed by atoms with Gasteiger partial charge in [-0.3, -0.25) is 0 Å². The van der Waals surface area contributed by atoms with E-state index in [2.05, 4.69) is 30.4 Å². The van der Waals surface area contributed by atoms with Crippen molar-refractivity contribution in [2.24, 2.45) is 5.92 Å². The van der Waals surface area contributed by atoms with E-state index in [1.165, 1.54) is 37.2 Å². The Kier molecular flexibility index (Phi) is 5.52. The largest absolute Gasteiger partial charge is 0.396 e. The summed E-state index contributed by atoms with van der Waals surface area (Å²) in [7, 11) is 0. The Morgan fingerprint density at radius 3 is 2.94 bits per heavy atom. The van der Waals surface area contributed by atoms with Gasteiger partial charge in [-0.25, -0.2) is 0 Å². The van der Waals surface area contributed by atoms with Crippen molar-refractivity contribution in [3.63, 3.8) is 0 Å². The molecule has 1 N–H and O–H groups in total. The molecule has 4 heteroatoms. The monoisotopic (exact) mass is 276 g/mol. The van der Waals surface area contributed by atoms with Gasteiger partial charge in [0.25, 0.3) is 0 Å². The highest BCUT2D eigenvalue weighted by Crippen LogP contribution is 2.41. The predicted molar refractivity (Wildman–Crippen MR) is 77.0 cm³/mol. The van der Waals surface area contributed by atoms with Crippen LogP contribution in [0.2, 0.25) is 0 Å². The first-order valence-electron chi connectivity index (χ1n) is 6.68. The highest BCUT2D eigenvalue weighted by atomic mass is 32.2. The molecule has 0 radical (unpaired) electrons. The molecule has 2 fully saturated rings. The lowest BCUT2D eigenvalue weighted by Crippen LogP contribution is -2.43. The minimum absolute atomic E-state index is 0.212. The van der Waals surface area contributed by atoms with E-state index in [0.717, 1.165) is 17.6 Å². The van der Waals surface area contributed by atoms with E-state index in [-0.39, 0.29) is 5.60 Å². The summed E-state index contributed by atoms with van der Waals surface area (Å²) in [6.45, 7) is 3.38. The molecule has 17 heavy (non-hydrogen) atoms. The molecule has 2 unspecified atom stereocenters. The maximum Gasteiger partial charge on any atom is 0.0708 e. The van der Waals surface area contributed by atoms with Gasteiger partial charge in [-0.2, -0.15) is 23.5 Å². The number of ether oxygens (including phenoxy) is 1. The molecule has 1 spiro atoms. The van der Waals surface area contributed by atoms with E-state index in [1.807, 2.05) is 0 Å². The van der Waals surface area contributed by atoms with Crippen LogP contribution in [0.25, 0.3) is 0 Å².